The minimum atomic E-state index is -4.38. The molecule has 0 aromatic carbocycles. The summed E-state index contributed by atoms with van der Waals surface area (Å²) < 4.78 is 18.4. The lowest BCUT2D eigenvalue weighted by Gasteiger charge is -2.11. The molecule has 0 aliphatic carbocycles. The van der Waals surface area contributed by atoms with Gasteiger partial charge in [-0.25, -0.2) is 4.98 Å². The average molecular weight is 338 g/mol. The number of hydrogen-bond acceptors (Lipinski definition) is 6. The molecule has 3 N–H and O–H groups in total. The Balaban J connectivity index is 1.85. The molecule has 0 radical (unpaired) electrons. The smallest absolute Gasteiger partial charge is 0.373 e. The molecule has 0 bridgehead atoms. The normalized spacial score (nSPS) is 13.5. The molecule has 11 heteroatoms. The van der Waals surface area contributed by atoms with Gasteiger partial charge in [-0.05, 0) is 25.0 Å². The quantitative estimate of drug-likeness (QED) is 0.533. The second kappa shape index (κ2) is 6.17. The van der Waals surface area contributed by atoms with Crippen LogP contribution in [-0.4, -0.2) is 46.9 Å². The number of nitrogens with zero attached hydrogens (tertiary/aromatic N) is 5. The van der Waals surface area contributed by atoms with Crippen molar-refractivity contribution >= 4 is 18.7 Å². The highest BCUT2D eigenvalue weighted by Crippen LogP contribution is 2.32. The maximum absolute atomic E-state index is 11.4. The molecule has 23 heavy (non-hydrogen) atoms. The molecule has 0 saturated carbocycles. The van der Waals surface area contributed by atoms with Crippen molar-refractivity contribution in [3.05, 3.63) is 35.9 Å². The first-order valence-electron chi connectivity index (χ1n) is 6.78. The summed E-state index contributed by atoms with van der Waals surface area (Å²) >= 11 is 0. The van der Waals surface area contributed by atoms with Crippen LogP contribution < -0.4 is 5.44 Å². The van der Waals surface area contributed by atoms with Gasteiger partial charge in [0.15, 0.2) is 5.44 Å². The van der Waals surface area contributed by atoms with Crippen molar-refractivity contribution in [1.82, 2.24) is 30.0 Å². The van der Waals surface area contributed by atoms with Crippen molar-refractivity contribution in [3.8, 4) is 0 Å². The Morgan fingerprint density at radius 1 is 1.43 bits per heavy atom. The van der Waals surface area contributed by atoms with E-state index in [1.54, 1.807) is 23.6 Å². The van der Waals surface area contributed by atoms with Gasteiger partial charge in [-0.3, -0.25) is 4.57 Å². The van der Waals surface area contributed by atoms with Gasteiger partial charge in [0.05, 0.1) is 0 Å². The van der Waals surface area contributed by atoms with Crippen LogP contribution in [0.5, 0.6) is 0 Å². The Hall–Kier alpha value is -2.13. The van der Waals surface area contributed by atoms with Crippen molar-refractivity contribution < 1.29 is 19.1 Å². The van der Waals surface area contributed by atoms with Gasteiger partial charge >= 0.3 is 7.60 Å². The second-order valence-electron chi connectivity index (χ2n) is 4.92. The minimum absolute atomic E-state index is 0.244. The predicted octanol–water partition coefficient (Wildman–Crippen LogP) is -0.0293. The number of nitrogens with one attached hydrogen (secondary N) is 1. The Bertz CT molecular complexity index is 842. The number of fused-ring (bicyclic) bond motifs is 1. The first-order valence-corrected chi connectivity index (χ1v) is 8.39. The average Bonchev–Trinajstić information content (AvgIpc) is 3.16. The van der Waals surface area contributed by atoms with E-state index in [4.69, 9.17) is 4.74 Å². The van der Waals surface area contributed by atoms with Crippen molar-refractivity contribution in [2.24, 2.45) is 0 Å². The van der Waals surface area contributed by atoms with E-state index >= 15 is 0 Å². The number of aryl methyl sites for hydroxylation is 1. The monoisotopic (exact) mass is 338 g/mol. The molecule has 0 aliphatic rings. The summed E-state index contributed by atoms with van der Waals surface area (Å²) in [6.07, 6.45) is 2.20. The predicted molar refractivity (Wildman–Crippen MR) is 79.1 cm³/mol. The number of pyridine rings is 1. The zero-order valence-corrected chi connectivity index (χ0v) is 13.1. The van der Waals surface area contributed by atoms with Crippen LogP contribution in [0.3, 0.4) is 0 Å². The maximum atomic E-state index is 11.4. The third kappa shape index (κ3) is 3.30. The number of tetrazole rings is 1. The molecule has 10 nitrogen and oxygen atoms in total. The number of hydrogen-bond donors (Lipinski definition) is 3. The topological polar surface area (TPSA) is 139 Å². The van der Waals surface area contributed by atoms with Crippen LogP contribution in [-0.2, 0) is 15.7 Å². The number of imidazole rings is 1. The summed E-state index contributed by atoms with van der Waals surface area (Å²) in [5.41, 5.74) is 1.08. The molecule has 0 amide bonds. The summed E-state index contributed by atoms with van der Waals surface area (Å²) in [5, 5.41) is 13.7. The van der Waals surface area contributed by atoms with Crippen molar-refractivity contribution in [2.45, 2.75) is 18.9 Å². The molecule has 3 aromatic heterocycles. The van der Waals surface area contributed by atoms with Gasteiger partial charge in [-0.15, -0.1) is 10.2 Å². The molecule has 3 rings (SSSR count). The standard InChI is InChI=1S/C12H15N6O4P/c1-22-9(12-14-16-17-15-12)6-5-8-3-2-4-10-13-11(7-18(8)10)23(19,20)21/h2-4,7,9H,5-6H2,1H3,(H2,19,20,21)(H,14,15,16,17). The molecule has 3 aromatic rings. The number of aromatic nitrogens is 6. The van der Waals surface area contributed by atoms with Crippen LogP contribution in [0.25, 0.3) is 5.65 Å². The fourth-order valence-corrected chi connectivity index (χ4v) is 2.83. The van der Waals surface area contributed by atoms with Crippen LogP contribution in [0.4, 0.5) is 0 Å². The van der Waals surface area contributed by atoms with Crippen molar-refractivity contribution in [2.75, 3.05) is 7.11 Å². The van der Waals surface area contributed by atoms with Crippen LogP contribution in [0.1, 0.15) is 24.0 Å². The van der Waals surface area contributed by atoms with Crippen LogP contribution in [0, 0.1) is 0 Å². The molecule has 1 unspecified atom stereocenters. The maximum Gasteiger partial charge on any atom is 0.376 e. The van der Waals surface area contributed by atoms with Crippen molar-refractivity contribution in [3.63, 3.8) is 0 Å². The highest BCUT2D eigenvalue weighted by molar-refractivity contribution is 7.60. The molecule has 0 saturated heterocycles. The number of H-pyrrole nitrogens is 1. The number of aromatic amines is 1. The van der Waals surface area contributed by atoms with Gasteiger partial charge < -0.3 is 18.9 Å². The lowest BCUT2D eigenvalue weighted by molar-refractivity contribution is 0.0883. The van der Waals surface area contributed by atoms with Gasteiger partial charge in [0.1, 0.15) is 11.8 Å². The van der Waals surface area contributed by atoms with E-state index < -0.39 is 7.60 Å². The van der Waals surface area contributed by atoms with Gasteiger partial charge in [0, 0.05) is 19.0 Å². The fraction of sp³-hybridized carbons (Fsp3) is 0.333. The summed E-state index contributed by atoms with van der Waals surface area (Å²) in [5.74, 6) is 0.459. The number of ether oxygens (including phenoxy) is 1. The van der Waals surface area contributed by atoms with E-state index in [1.807, 2.05) is 6.07 Å². The Morgan fingerprint density at radius 2 is 2.26 bits per heavy atom. The molecule has 122 valence electrons. The molecule has 1 atom stereocenters. The van der Waals surface area contributed by atoms with E-state index in [0.717, 1.165) is 5.69 Å². The van der Waals surface area contributed by atoms with Gasteiger partial charge in [0.25, 0.3) is 0 Å². The zero-order valence-electron chi connectivity index (χ0n) is 12.2. The Morgan fingerprint density at radius 3 is 2.91 bits per heavy atom. The number of methoxy groups -OCH3 is 1. The number of rotatable bonds is 6. The van der Waals surface area contributed by atoms with Gasteiger partial charge in [-0.2, -0.15) is 5.21 Å². The van der Waals surface area contributed by atoms with E-state index in [0.29, 0.717) is 24.3 Å². The summed E-state index contributed by atoms with van der Waals surface area (Å²) in [7, 11) is -2.82. The van der Waals surface area contributed by atoms with Crippen molar-refractivity contribution in [1.29, 1.82) is 0 Å². The summed E-state index contributed by atoms with van der Waals surface area (Å²) in [6.45, 7) is 0. The summed E-state index contributed by atoms with van der Waals surface area (Å²) in [4.78, 5) is 22.5. The lowest BCUT2D eigenvalue weighted by atomic mass is 10.1. The van der Waals surface area contributed by atoms with E-state index in [1.165, 1.54) is 6.20 Å². The first kappa shape index (κ1) is 15.8. The first-order chi connectivity index (χ1) is 11.0. The third-order valence-electron chi connectivity index (χ3n) is 3.46. The second-order valence-corrected chi connectivity index (χ2v) is 6.47. The minimum Gasteiger partial charge on any atom is -0.373 e. The largest absolute Gasteiger partial charge is 0.376 e. The molecular weight excluding hydrogens is 323 g/mol. The molecular formula is C12H15N6O4P. The fourth-order valence-electron chi connectivity index (χ4n) is 2.34. The molecule has 0 aliphatic heterocycles. The van der Waals surface area contributed by atoms with Crippen LogP contribution in [0.2, 0.25) is 0 Å². The Kier molecular flexibility index (Phi) is 4.22. The highest BCUT2D eigenvalue weighted by Gasteiger charge is 2.22. The third-order valence-corrected chi connectivity index (χ3v) is 4.27. The van der Waals surface area contributed by atoms with Gasteiger partial charge in [-0.1, -0.05) is 11.3 Å². The molecule has 0 fully saturated rings. The van der Waals surface area contributed by atoms with Gasteiger partial charge in [0.2, 0.25) is 5.82 Å². The summed E-state index contributed by atoms with van der Waals surface area (Å²) in [6, 6.07) is 5.34. The molecule has 0 spiro atoms. The van der Waals surface area contributed by atoms with Crippen LogP contribution >= 0.6 is 7.60 Å². The van der Waals surface area contributed by atoms with E-state index in [-0.39, 0.29) is 11.5 Å². The van der Waals surface area contributed by atoms with Crippen LogP contribution in [0.15, 0.2) is 24.4 Å². The zero-order chi connectivity index (χ0) is 16.4. The lowest BCUT2D eigenvalue weighted by Crippen LogP contribution is -2.07. The SMILES string of the molecule is COC(CCc1cccc2nc(P(=O)(O)O)cn12)c1nn[nH]n1. The molecule has 3 heterocycles. The highest BCUT2D eigenvalue weighted by atomic mass is 31.2. The van der Waals surface area contributed by atoms with E-state index in [9.17, 15) is 14.4 Å². The van der Waals surface area contributed by atoms with E-state index in [2.05, 4.69) is 25.6 Å². The Labute approximate surface area is 130 Å².